The van der Waals surface area contributed by atoms with E-state index in [-0.39, 0.29) is 24.9 Å². The minimum atomic E-state index is -0.325. The number of hydrogen-bond acceptors (Lipinski definition) is 6. The van der Waals surface area contributed by atoms with Gasteiger partial charge in [-0.25, -0.2) is 4.98 Å². The third-order valence-corrected chi connectivity index (χ3v) is 5.51. The highest BCUT2D eigenvalue weighted by Crippen LogP contribution is 2.31. The number of nitrogens with one attached hydrogen (secondary N) is 2. The second-order valence-corrected chi connectivity index (χ2v) is 7.70. The molecule has 0 saturated heterocycles. The molecule has 31 heavy (non-hydrogen) atoms. The number of furan rings is 1. The van der Waals surface area contributed by atoms with Crippen LogP contribution in [0.4, 0.5) is 0 Å². The Hall–Kier alpha value is -3.65. The molecule has 0 aliphatic heterocycles. The zero-order valence-electron chi connectivity index (χ0n) is 16.9. The van der Waals surface area contributed by atoms with Gasteiger partial charge in [0.25, 0.3) is 5.91 Å². The predicted octanol–water partition coefficient (Wildman–Crippen LogP) is 4.00. The van der Waals surface area contributed by atoms with Crippen LogP contribution in [0, 0.1) is 0 Å². The number of fused-ring (bicyclic) bond motifs is 1. The number of nitrogens with zero attached hydrogens (tertiary/aromatic N) is 1. The van der Waals surface area contributed by atoms with E-state index in [9.17, 15) is 9.59 Å². The normalized spacial score (nSPS) is 10.7. The number of rotatable bonds is 8. The fraction of sp³-hybridized carbons (Fsp3) is 0.174. The summed E-state index contributed by atoms with van der Waals surface area (Å²) in [6, 6.07) is 18.3. The summed E-state index contributed by atoms with van der Waals surface area (Å²) in [4.78, 5) is 28.8. The van der Waals surface area contributed by atoms with Crippen molar-refractivity contribution in [3.63, 3.8) is 0 Å². The highest BCUT2D eigenvalue weighted by molar-refractivity contribution is 7.21. The number of thiazole rings is 1. The Morgan fingerprint density at radius 1 is 1.03 bits per heavy atom. The molecule has 0 fully saturated rings. The summed E-state index contributed by atoms with van der Waals surface area (Å²) in [7, 11) is 0. The number of ether oxygens (including phenoxy) is 1. The molecule has 2 heterocycles. The summed E-state index contributed by atoms with van der Waals surface area (Å²) in [5.41, 5.74) is 1.39. The molecule has 0 unspecified atom stereocenters. The van der Waals surface area contributed by atoms with Crippen LogP contribution in [-0.4, -0.2) is 29.9 Å². The molecule has 0 radical (unpaired) electrons. The Morgan fingerprint density at radius 2 is 1.84 bits per heavy atom. The van der Waals surface area contributed by atoms with Crippen molar-refractivity contribution in [1.29, 1.82) is 0 Å². The molecule has 2 aromatic carbocycles. The van der Waals surface area contributed by atoms with Gasteiger partial charge in [0.05, 0.1) is 29.9 Å². The van der Waals surface area contributed by atoms with Crippen LogP contribution >= 0.6 is 11.3 Å². The van der Waals surface area contributed by atoms with Gasteiger partial charge in [-0.2, -0.15) is 0 Å². The van der Waals surface area contributed by atoms with Gasteiger partial charge in [0.1, 0.15) is 11.5 Å². The van der Waals surface area contributed by atoms with E-state index in [2.05, 4.69) is 15.6 Å². The van der Waals surface area contributed by atoms with Crippen LogP contribution in [0.15, 0.2) is 65.1 Å². The number of amides is 2. The van der Waals surface area contributed by atoms with Crippen molar-refractivity contribution in [3.8, 4) is 16.5 Å². The lowest BCUT2D eigenvalue weighted by Crippen LogP contribution is -2.36. The second kappa shape index (κ2) is 9.44. The van der Waals surface area contributed by atoms with E-state index in [0.29, 0.717) is 29.4 Å². The summed E-state index contributed by atoms with van der Waals surface area (Å²) in [6.07, 6.45) is 0. The third-order valence-electron chi connectivity index (χ3n) is 4.46. The van der Waals surface area contributed by atoms with E-state index in [0.717, 1.165) is 15.2 Å². The Balaban J connectivity index is 1.26. The van der Waals surface area contributed by atoms with E-state index in [1.165, 1.54) is 0 Å². The van der Waals surface area contributed by atoms with Crippen molar-refractivity contribution in [1.82, 2.24) is 15.6 Å². The molecular formula is C23H21N3O4S. The molecule has 2 amide bonds. The highest BCUT2D eigenvalue weighted by Gasteiger charge is 2.12. The fourth-order valence-electron chi connectivity index (χ4n) is 2.95. The minimum Gasteiger partial charge on any atom is -0.494 e. The fourth-order valence-corrected chi connectivity index (χ4v) is 3.87. The standard InChI is InChI=1S/C23H21N3O4S/c1-2-29-16-9-7-15(8-10-16)22(28)25-14-21(27)24-13-17-11-12-19(30-17)23-26-18-5-3-4-6-20(18)31-23/h3-12H,2,13-14H2,1H3,(H,24,27)(H,25,28). The molecule has 8 heteroatoms. The Labute approximate surface area is 183 Å². The first kappa shape index (κ1) is 20.6. The maximum atomic E-state index is 12.2. The van der Waals surface area contributed by atoms with Crippen LogP contribution in [0.2, 0.25) is 0 Å². The molecule has 2 N–H and O–H groups in total. The molecule has 0 atom stereocenters. The topological polar surface area (TPSA) is 93.5 Å². The number of carbonyl (C=O) groups excluding carboxylic acids is 2. The number of aromatic nitrogens is 1. The molecule has 4 rings (SSSR count). The SMILES string of the molecule is CCOc1ccc(C(=O)NCC(=O)NCc2ccc(-c3nc4ccccc4s3)o2)cc1. The summed E-state index contributed by atoms with van der Waals surface area (Å²) in [5.74, 6) is 1.33. The summed E-state index contributed by atoms with van der Waals surface area (Å²) >= 11 is 1.55. The Morgan fingerprint density at radius 3 is 2.61 bits per heavy atom. The first-order chi connectivity index (χ1) is 15.1. The highest BCUT2D eigenvalue weighted by atomic mass is 32.1. The molecule has 0 spiro atoms. The summed E-state index contributed by atoms with van der Waals surface area (Å²) < 4.78 is 12.2. The van der Waals surface area contributed by atoms with Crippen LogP contribution in [0.25, 0.3) is 21.0 Å². The molecule has 2 aromatic heterocycles. The maximum absolute atomic E-state index is 12.2. The number of hydrogen-bond donors (Lipinski definition) is 2. The molecule has 4 aromatic rings. The van der Waals surface area contributed by atoms with Gasteiger partial charge in [0, 0.05) is 5.56 Å². The van der Waals surface area contributed by atoms with Gasteiger partial charge in [0.15, 0.2) is 10.8 Å². The monoisotopic (exact) mass is 435 g/mol. The molecular weight excluding hydrogens is 414 g/mol. The van der Waals surface area contributed by atoms with E-state index in [1.54, 1.807) is 41.7 Å². The van der Waals surface area contributed by atoms with Gasteiger partial charge in [-0.05, 0) is 55.5 Å². The Kier molecular flexibility index (Phi) is 6.28. The maximum Gasteiger partial charge on any atom is 0.251 e. The Bertz CT molecular complexity index is 1160. The van der Waals surface area contributed by atoms with Gasteiger partial charge < -0.3 is 19.8 Å². The summed E-state index contributed by atoms with van der Waals surface area (Å²) in [5, 5.41) is 6.13. The molecule has 0 saturated carbocycles. The van der Waals surface area contributed by atoms with E-state index < -0.39 is 0 Å². The summed E-state index contributed by atoms with van der Waals surface area (Å²) in [6.45, 7) is 2.55. The van der Waals surface area contributed by atoms with Crippen LogP contribution in [-0.2, 0) is 11.3 Å². The average Bonchev–Trinajstić information content (AvgIpc) is 3.43. The third kappa shape index (κ3) is 5.10. The first-order valence-electron chi connectivity index (χ1n) is 9.85. The molecule has 0 aliphatic rings. The molecule has 7 nitrogen and oxygen atoms in total. The second-order valence-electron chi connectivity index (χ2n) is 6.67. The molecule has 0 aliphatic carbocycles. The lowest BCUT2D eigenvalue weighted by Gasteiger charge is -2.07. The van der Waals surface area contributed by atoms with Crippen molar-refractivity contribution >= 4 is 33.4 Å². The van der Waals surface area contributed by atoms with E-state index in [4.69, 9.17) is 9.15 Å². The number of carbonyl (C=O) groups is 2. The van der Waals surface area contributed by atoms with E-state index >= 15 is 0 Å². The van der Waals surface area contributed by atoms with Crippen molar-refractivity contribution in [3.05, 3.63) is 72.0 Å². The van der Waals surface area contributed by atoms with Crippen LogP contribution in [0.5, 0.6) is 5.75 Å². The van der Waals surface area contributed by atoms with Crippen LogP contribution < -0.4 is 15.4 Å². The van der Waals surface area contributed by atoms with Crippen molar-refractivity contribution in [2.45, 2.75) is 13.5 Å². The van der Waals surface area contributed by atoms with Crippen molar-refractivity contribution in [2.24, 2.45) is 0 Å². The predicted molar refractivity (Wildman–Crippen MR) is 119 cm³/mol. The average molecular weight is 436 g/mol. The van der Waals surface area contributed by atoms with Crippen LogP contribution in [0.3, 0.4) is 0 Å². The largest absolute Gasteiger partial charge is 0.494 e. The van der Waals surface area contributed by atoms with Crippen LogP contribution in [0.1, 0.15) is 23.0 Å². The molecule has 158 valence electrons. The molecule has 0 bridgehead atoms. The quantitative estimate of drug-likeness (QED) is 0.436. The van der Waals surface area contributed by atoms with Gasteiger partial charge in [-0.3, -0.25) is 9.59 Å². The van der Waals surface area contributed by atoms with Gasteiger partial charge in [-0.15, -0.1) is 11.3 Å². The lowest BCUT2D eigenvalue weighted by molar-refractivity contribution is -0.120. The first-order valence-corrected chi connectivity index (χ1v) is 10.7. The number of benzene rings is 2. The van der Waals surface area contributed by atoms with Gasteiger partial charge >= 0.3 is 0 Å². The zero-order valence-corrected chi connectivity index (χ0v) is 17.7. The minimum absolute atomic E-state index is 0.127. The lowest BCUT2D eigenvalue weighted by atomic mass is 10.2. The van der Waals surface area contributed by atoms with Gasteiger partial charge in [-0.1, -0.05) is 12.1 Å². The van der Waals surface area contributed by atoms with E-state index in [1.807, 2.05) is 37.3 Å². The van der Waals surface area contributed by atoms with Gasteiger partial charge in [0.2, 0.25) is 5.91 Å². The van der Waals surface area contributed by atoms with Crippen molar-refractivity contribution in [2.75, 3.05) is 13.2 Å². The van der Waals surface area contributed by atoms with Crippen molar-refractivity contribution < 1.29 is 18.7 Å². The smallest absolute Gasteiger partial charge is 0.251 e. The number of para-hydroxylation sites is 1. The zero-order chi connectivity index (χ0) is 21.6.